The van der Waals surface area contributed by atoms with E-state index in [9.17, 15) is 14.9 Å². The van der Waals surface area contributed by atoms with Gasteiger partial charge in [-0.15, -0.1) is 0 Å². The summed E-state index contributed by atoms with van der Waals surface area (Å²) in [6, 6.07) is 3.82. The van der Waals surface area contributed by atoms with Crippen LogP contribution in [0.25, 0.3) is 0 Å². The van der Waals surface area contributed by atoms with E-state index in [1.807, 2.05) is 0 Å². The van der Waals surface area contributed by atoms with Crippen molar-refractivity contribution < 1.29 is 19.2 Å². The Morgan fingerprint density at radius 3 is 2.75 bits per heavy atom. The van der Waals surface area contributed by atoms with Crippen LogP contribution in [0.3, 0.4) is 0 Å². The summed E-state index contributed by atoms with van der Waals surface area (Å²) in [7, 11) is 1.34. The minimum atomic E-state index is -0.562. The van der Waals surface area contributed by atoms with Gasteiger partial charge in [0.05, 0.1) is 29.4 Å². The van der Waals surface area contributed by atoms with Gasteiger partial charge in [0.2, 0.25) is 0 Å². The zero-order valence-electron chi connectivity index (χ0n) is 11.0. The van der Waals surface area contributed by atoms with E-state index < -0.39 is 10.9 Å². The highest BCUT2D eigenvalue weighted by molar-refractivity contribution is 6.33. The monoisotopic (exact) mass is 300 g/mol. The van der Waals surface area contributed by atoms with Crippen molar-refractivity contribution in [2.24, 2.45) is 4.99 Å². The third kappa shape index (κ3) is 4.51. The van der Waals surface area contributed by atoms with E-state index in [4.69, 9.17) is 21.1 Å². The SMILES string of the molecule is CCOC(=O)CC(=Nc1cc([N+](=O)[O-])ccc1Cl)OC. The molecule has 0 aliphatic heterocycles. The van der Waals surface area contributed by atoms with Gasteiger partial charge < -0.3 is 9.47 Å². The van der Waals surface area contributed by atoms with E-state index in [0.717, 1.165) is 0 Å². The van der Waals surface area contributed by atoms with Crippen LogP contribution < -0.4 is 0 Å². The number of carbonyl (C=O) groups is 1. The third-order valence-corrected chi connectivity index (χ3v) is 2.54. The Morgan fingerprint density at radius 2 is 2.20 bits per heavy atom. The first kappa shape index (κ1) is 15.9. The number of aliphatic imine (C=N–C) groups is 1. The lowest BCUT2D eigenvalue weighted by Crippen LogP contribution is -2.12. The summed E-state index contributed by atoms with van der Waals surface area (Å²) in [6.45, 7) is 1.92. The highest BCUT2D eigenvalue weighted by Gasteiger charge is 2.13. The molecule has 0 saturated carbocycles. The maximum atomic E-state index is 11.3. The molecule has 1 aromatic carbocycles. The van der Waals surface area contributed by atoms with E-state index in [0.29, 0.717) is 0 Å². The maximum Gasteiger partial charge on any atom is 0.315 e. The quantitative estimate of drug-likeness (QED) is 0.274. The highest BCUT2D eigenvalue weighted by Crippen LogP contribution is 2.29. The minimum absolute atomic E-state index is 0.0610. The molecular weight excluding hydrogens is 288 g/mol. The predicted octanol–water partition coefficient (Wildman–Crippen LogP) is 2.88. The minimum Gasteiger partial charge on any atom is -0.484 e. The number of nitro groups is 1. The van der Waals surface area contributed by atoms with Crippen molar-refractivity contribution in [3.63, 3.8) is 0 Å². The number of rotatable bonds is 5. The first-order valence-electron chi connectivity index (χ1n) is 5.69. The summed E-state index contributed by atoms with van der Waals surface area (Å²) in [5, 5.41) is 10.9. The van der Waals surface area contributed by atoms with Crippen LogP contribution in [0.15, 0.2) is 23.2 Å². The molecule has 0 unspecified atom stereocenters. The molecule has 0 bridgehead atoms. The number of hydrogen-bond donors (Lipinski definition) is 0. The molecule has 8 heteroatoms. The number of hydrogen-bond acceptors (Lipinski definition) is 6. The van der Waals surface area contributed by atoms with Crippen molar-refractivity contribution >= 4 is 34.8 Å². The first-order chi connectivity index (χ1) is 9.47. The third-order valence-electron chi connectivity index (χ3n) is 2.22. The Hall–Kier alpha value is -2.15. The van der Waals surface area contributed by atoms with Crippen LogP contribution in [-0.4, -0.2) is 30.5 Å². The van der Waals surface area contributed by atoms with Gasteiger partial charge in [-0.05, 0) is 13.0 Å². The second-order valence-corrected chi connectivity index (χ2v) is 3.99. The van der Waals surface area contributed by atoms with Crippen LogP contribution in [0.2, 0.25) is 5.02 Å². The number of benzene rings is 1. The van der Waals surface area contributed by atoms with Crippen molar-refractivity contribution in [3.8, 4) is 0 Å². The van der Waals surface area contributed by atoms with Crippen molar-refractivity contribution in [2.45, 2.75) is 13.3 Å². The number of ether oxygens (including phenoxy) is 2. The number of methoxy groups -OCH3 is 1. The van der Waals surface area contributed by atoms with Crippen LogP contribution in [0, 0.1) is 10.1 Å². The number of nitro benzene ring substituents is 1. The number of non-ortho nitro benzene ring substituents is 1. The van der Waals surface area contributed by atoms with Gasteiger partial charge in [0, 0.05) is 12.1 Å². The maximum absolute atomic E-state index is 11.3. The normalized spacial score (nSPS) is 11.1. The summed E-state index contributed by atoms with van der Waals surface area (Å²) < 4.78 is 9.71. The smallest absolute Gasteiger partial charge is 0.315 e. The molecular formula is C12H13ClN2O5. The van der Waals surface area contributed by atoms with Crippen LogP contribution in [0.5, 0.6) is 0 Å². The summed E-state index contributed by atoms with van der Waals surface area (Å²) in [5.74, 6) is -0.444. The molecule has 0 fully saturated rings. The first-order valence-corrected chi connectivity index (χ1v) is 6.06. The summed E-state index contributed by atoms with van der Waals surface area (Å²) in [4.78, 5) is 25.5. The van der Waals surface area contributed by atoms with Gasteiger partial charge in [0.15, 0.2) is 5.90 Å². The van der Waals surface area contributed by atoms with E-state index in [2.05, 4.69) is 4.99 Å². The second-order valence-electron chi connectivity index (χ2n) is 3.58. The standard InChI is InChI=1S/C12H13ClN2O5/c1-3-20-12(16)7-11(19-2)14-10-6-8(15(17)18)4-5-9(10)13/h4-6H,3,7H2,1-2H3. The Bertz CT molecular complexity index is 545. The molecule has 7 nitrogen and oxygen atoms in total. The van der Waals surface area contributed by atoms with Gasteiger partial charge in [0.1, 0.15) is 6.42 Å². The molecule has 0 aliphatic carbocycles. The summed E-state index contributed by atoms with van der Waals surface area (Å²) in [6.07, 6.45) is -0.177. The van der Waals surface area contributed by atoms with Crippen molar-refractivity contribution in [3.05, 3.63) is 33.3 Å². The van der Waals surface area contributed by atoms with E-state index >= 15 is 0 Å². The molecule has 0 aromatic heterocycles. The van der Waals surface area contributed by atoms with Crippen molar-refractivity contribution in [1.29, 1.82) is 0 Å². The average molecular weight is 301 g/mol. The number of esters is 1. The molecule has 108 valence electrons. The van der Waals surface area contributed by atoms with Crippen LogP contribution in [0.4, 0.5) is 11.4 Å². The van der Waals surface area contributed by atoms with Crippen LogP contribution in [0.1, 0.15) is 13.3 Å². The van der Waals surface area contributed by atoms with Crippen LogP contribution in [-0.2, 0) is 14.3 Å². The zero-order valence-corrected chi connectivity index (χ0v) is 11.7. The topological polar surface area (TPSA) is 91.0 Å². The lowest BCUT2D eigenvalue weighted by atomic mass is 10.3. The van der Waals surface area contributed by atoms with E-state index in [1.165, 1.54) is 25.3 Å². The molecule has 0 aliphatic rings. The summed E-state index contributed by atoms with van der Waals surface area (Å²) in [5.41, 5.74) is 0.00162. The zero-order chi connectivity index (χ0) is 15.1. The molecule has 1 rings (SSSR count). The fourth-order valence-electron chi connectivity index (χ4n) is 1.33. The Morgan fingerprint density at radius 1 is 1.50 bits per heavy atom. The molecule has 0 N–H and O–H groups in total. The molecule has 0 saturated heterocycles. The van der Waals surface area contributed by atoms with Gasteiger partial charge in [-0.3, -0.25) is 14.9 Å². The molecule has 0 spiro atoms. The van der Waals surface area contributed by atoms with Gasteiger partial charge in [-0.2, -0.15) is 0 Å². The van der Waals surface area contributed by atoms with Crippen LogP contribution >= 0.6 is 11.6 Å². The lowest BCUT2D eigenvalue weighted by Gasteiger charge is -2.05. The summed E-state index contributed by atoms with van der Waals surface area (Å²) >= 11 is 5.90. The van der Waals surface area contributed by atoms with Gasteiger partial charge in [-0.25, -0.2) is 4.99 Å². The van der Waals surface area contributed by atoms with Gasteiger partial charge >= 0.3 is 5.97 Å². The number of nitrogens with zero attached hydrogens (tertiary/aromatic N) is 2. The fourth-order valence-corrected chi connectivity index (χ4v) is 1.49. The molecule has 1 aromatic rings. The Balaban J connectivity index is 3.02. The van der Waals surface area contributed by atoms with E-state index in [1.54, 1.807) is 6.92 Å². The molecule has 0 atom stereocenters. The average Bonchev–Trinajstić information content (AvgIpc) is 2.40. The largest absolute Gasteiger partial charge is 0.484 e. The number of halogens is 1. The Labute approximate surface area is 120 Å². The van der Waals surface area contributed by atoms with Gasteiger partial charge in [0.25, 0.3) is 5.69 Å². The highest BCUT2D eigenvalue weighted by atomic mass is 35.5. The molecule has 0 heterocycles. The van der Waals surface area contributed by atoms with Crippen molar-refractivity contribution in [1.82, 2.24) is 0 Å². The van der Waals surface area contributed by atoms with Gasteiger partial charge in [-0.1, -0.05) is 11.6 Å². The van der Waals surface area contributed by atoms with E-state index in [-0.39, 0.29) is 35.3 Å². The molecule has 0 radical (unpaired) electrons. The van der Waals surface area contributed by atoms with Crippen molar-refractivity contribution in [2.75, 3.05) is 13.7 Å². The second kappa shape index (κ2) is 7.44. The number of carbonyl (C=O) groups excluding carboxylic acids is 1. The lowest BCUT2D eigenvalue weighted by molar-refractivity contribution is -0.384. The molecule has 20 heavy (non-hydrogen) atoms. The fraction of sp³-hybridized carbons (Fsp3) is 0.333. The molecule has 0 amide bonds. The predicted molar refractivity (Wildman–Crippen MR) is 73.5 cm³/mol. The Kier molecular flexibility index (Phi) is 5.92.